The zero-order chi connectivity index (χ0) is 21.3. The van der Waals surface area contributed by atoms with Gasteiger partial charge in [-0.25, -0.2) is 4.79 Å². The minimum absolute atomic E-state index is 0.0271. The molecule has 5 nitrogen and oxygen atoms in total. The van der Waals surface area contributed by atoms with Gasteiger partial charge in [0.25, 0.3) is 0 Å². The van der Waals surface area contributed by atoms with Gasteiger partial charge in [-0.05, 0) is 37.0 Å². The van der Waals surface area contributed by atoms with Crippen LogP contribution in [0.15, 0.2) is 53.5 Å². The fourth-order valence-corrected chi connectivity index (χ4v) is 3.46. The number of pyridine rings is 1. The number of fused-ring (bicyclic) bond motifs is 1. The van der Waals surface area contributed by atoms with Gasteiger partial charge in [0.15, 0.2) is 0 Å². The highest BCUT2D eigenvalue weighted by molar-refractivity contribution is 5.94. The van der Waals surface area contributed by atoms with Gasteiger partial charge in [0.2, 0.25) is 5.43 Å². The molecule has 0 saturated carbocycles. The molecular formula is C25H29NO4. The van der Waals surface area contributed by atoms with Crippen molar-refractivity contribution in [2.24, 2.45) is 0 Å². The fraction of sp³-hybridized carbons (Fsp3) is 0.360. The third kappa shape index (κ3) is 5.29. The Morgan fingerprint density at radius 2 is 1.83 bits per heavy atom. The number of esters is 1. The molecule has 30 heavy (non-hydrogen) atoms. The molecule has 0 radical (unpaired) electrons. The monoisotopic (exact) mass is 407 g/mol. The Balaban J connectivity index is 1.94. The van der Waals surface area contributed by atoms with Gasteiger partial charge in [0, 0.05) is 17.6 Å². The molecule has 3 aromatic rings. The number of unbranched alkanes of at least 4 members (excludes halogenated alkanes) is 3. The van der Waals surface area contributed by atoms with Crippen molar-refractivity contribution in [3.05, 3.63) is 75.6 Å². The summed E-state index contributed by atoms with van der Waals surface area (Å²) in [6, 6.07) is 13.7. The fourth-order valence-electron chi connectivity index (χ4n) is 3.46. The summed E-state index contributed by atoms with van der Waals surface area (Å²) in [6.07, 6.45) is 6.75. The maximum absolute atomic E-state index is 12.9. The number of nitrogens with one attached hydrogen (secondary N) is 1. The van der Waals surface area contributed by atoms with Gasteiger partial charge in [0.05, 0.1) is 12.1 Å². The smallest absolute Gasteiger partial charge is 0.343 e. The summed E-state index contributed by atoms with van der Waals surface area (Å²) in [5, 5.41) is 0.484. The lowest BCUT2D eigenvalue weighted by atomic mass is 10.0. The molecular weight excluding hydrogens is 378 g/mol. The molecule has 0 bridgehead atoms. The van der Waals surface area contributed by atoms with E-state index in [1.54, 1.807) is 6.92 Å². The highest BCUT2D eigenvalue weighted by Crippen LogP contribution is 2.27. The van der Waals surface area contributed by atoms with E-state index in [4.69, 9.17) is 9.47 Å². The third-order valence-electron chi connectivity index (χ3n) is 5.09. The largest absolute Gasteiger partial charge is 0.489 e. The molecule has 0 fully saturated rings. The van der Waals surface area contributed by atoms with Crippen molar-refractivity contribution in [3.63, 3.8) is 0 Å². The first-order valence-electron chi connectivity index (χ1n) is 10.7. The van der Waals surface area contributed by atoms with Crippen LogP contribution in [-0.2, 0) is 17.8 Å². The van der Waals surface area contributed by atoms with Gasteiger partial charge < -0.3 is 14.5 Å². The third-order valence-corrected chi connectivity index (χ3v) is 5.09. The van der Waals surface area contributed by atoms with Crippen molar-refractivity contribution in [1.29, 1.82) is 0 Å². The average molecular weight is 408 g/mol. The van der Waals surface area contributed by atoms with Crippen LogP contribution in [0.4, 0.5) is 0 Å². The molecule has 0 aliphatic heterocycles. The van der Waals surface area contributed by atoms with E-state index in [1.165, 1.54) is 12.6 Å². The summed E-state index contributed by atoms with van der Waals surface area (Å²) < 4.78 is 11.1. The van der Waals surface area contributed by atoms with Gasteiger partial charge in [-0.2, -0.15) is 0 Å². The second kappa shape index (κ2) is 10.6. The van der Waals surface area contributed by atoms with Crippen LogP contribution in [0, 0.1) is 0 Å². The molecule has 0 amide bonds. The van der Waals surface area contributed by atoms with Gasteiger partial charge in [-0.1, -0.05) is 56.5 Å². The van der Waals surface area contributed by atoms with Crippen LogP contribution in [-0.4, -0.2) is 17.6 Å². The predicted molar refractivity (Wildman–Crippen MR) is 119 cm³/mol. The van der Waals surface area contributed by atoms with Crippen LogP contribution in [0.25, 0.3) is 10.9 Å². The summed E-state index contributed by atoms with van der Waals surface area (Å²) >= 11 is 0. The first-order chi connectivity index (χ1) is 14.6. The van der Waals surface area contributed by atoms with Gasteiger partial charge in [0.1, 0.15) is 17.9 Å². The van der Waals surface area contributed by atoms with Gasteiger partial charge >= 0.3 is 5.97 Å². The number of aromatic nitrogens is 1. The van der Waals surface area contributed by atoms with Crippen molar-refractivity contribution in [1.82, 2.24) is 4.98 Å². The lowest BCUT2D eigenvalue weighted by molar-refractivity contribution is 0.0524. The van der Waals surface area contributed by atoms with E-state index < -0.39 is 5.97 Å². The molecule has 0 spiro atoms. The SMILES string of the molecule is CCCCCCc1cc2c(=O)c(C(=O)OCC)c[nH]c2cc1OCc1ccccc1. The second-order valence-electron chi connectivity index (χ2n) is 7.34. The number of rotatable bonds is 10. The van der Waals surface area contributed by atoms with Crippen LogP contribution in [0.2, 0.25) is 0 Å². The lowest BCUT2D eigenvalue weighted by Gasteiger charge is -2.14. The molecule has 0 atom stereocenters. The highest BCUT2D eigenvalue weighted by Gasteiger charge is 2.16. The Labute approximate surface area is 177 Å². The Bertz CT molecular complexity index is 1040. The first-order valence-corrected chi connectivity index (χ1v) is 10.7. The van der Waals surface area contributed by atoms with Crippen LogP contribution >= 0.6 is 0 Å². The number of hydrogen-bond donors (Lipinski definition) is 1. The van der Waals surface area contributed by atoms with E-state index in [2.05, 4.69) is 11.9 Å². The summed E-state index contributed by atoms with van der Waals surface area (Å²) in [7, 11) is 0. The number of carbonyl (C=O) groups is 1. The minimum atomic E-state index is -0.602. The van der Waals surface area contributed by atoms with Gasteiger partial charge in [-0.3, -0.25) is 4.79 Å². The van der Waals surface area contributed by atoms with Crippen LogP contribution in [0.3, 0.4) is 0 Å². The summed E-state index contributed by atoms with van der Waals surface area (Å²) in [4.78, 5) is 28.1. The van der Waals surface area contributed by atoms with Gasteiger partial charge in [-0.15, -0.1) is 0 Å². The number of H-pyrrole nitrogens is 1. The number of hydrogen-bond acceptors (Lipinski definition) is 4. The number of aryl methyl sites for hydroxylation is 1. The molecule has 1 aromatic heterocycles. The molecule has 0 aliphatic rings. The molecule has 3 rings (SSSR count). The summed E-state index contributed by atoms with van der Waals surface area (Å²) in [5.41, 5.74) is 2.43. The minimum Gasteiger partial charge on any atom is -0.489 e. The van der Waals surface area contributed by atoms with Crippen molar-refractivity contribution in [2.45, 2.75) is 52.6 Å². The number of ether oxygens (including phenoxy) is 2. The molecule has 1 N–H and O–H groups in total. The van der Waals surface area contributed by atoms with E-state index in [0.717, 1.165) is 42.6 Å². The van der Waals surface area contributed by atoms with Crippen molar-refractivity contribution in [2.75, 3.05) is 6.61 Å². The maximum atomic E-state index is 12.9. The van der Waals surface area contributed by atoms with Crippen LogP contribution in [0.5, 0.6) is 5.75 Å². The summed E-state index contributed by atoms with van der Waals surface area (Å²) in [5.74, 6) is 0.164. The normalized spacial score (nSPS) is 10.9. The average Bonchev–Trinajstić information content (AvgIpc) is 2.76. The molecule has 2 aromatic carbocycles. The molecule has 158 valence electrons. The zero-order valence-electron chi connectivity index (χ0n) is 17.7. The summed E-state index contributed by atoms with van der Waals surface area (Å²) in [6.45, 7) is 4.59. The first kappa shape index (κ1) is 21.6. The van der Waals surface area contributed by atoms with Crippen molar-refractivity contribution >= 4 is 16.9 Å². The van der Waals surface area contributed by atoms with E-state index in [-0.39, 0.29) is 17.6 Å². The van der Waals surface area contributed by atoms with E-state index >= 15 is 0 Å². The zero-order valence-corrected chi connectivity index (χ0v) is 17.7. The van der Waals surface area contributed by atoms with E-state index in [0.29, 0.717) is 17.5 Å². The maximum Gasteiger partial charge on any atom is 0.343 e. The lowest BCUT2D eigenvalue weighted by Crippen LogP contribution is -2.18. The highest BCUT2D eigenvalue weighted by atomic mass is 16.5. The van der Waals surface area contributed by atoms with Crippen molar-refractivity contribution < 1.29 is 14.3 Å². The molecule has 0 unspecified atom stereocenters. The Hall–Kier alpha value is -3.08. The van der Waals surface area contributed by atoms with E-state index in [1.807, 2.05) is 42.5 Å². The Kier molecular flexibility index (Phi) is 7.66. The topological polar surface area (TPSA) is 68.4 Å². The Morgan fingerprint density at radius 1 is 1.03 bits per heavy atom. The quantitative estimate of drug-likeness (QED) is 0.361. The molecule has 1 heterocycles. The van der Waals surface area contributed by atoms with Crippen molar-refractivity contribution in [3.8, 4) is 5.75 Å². The van der Waals surface area contributed by atoms with Crippen LogP contribution in [0.1, 0.15) is 61.0 Å². The number of aromatic amines is 1. The standard InChI is InChI=1S/C25H29NO4/c1-3-5-6-10-13-19-14-20-22(26-16-21(24(20)27)25(28)29-4-2)15-23(19)30-17-18-11-8-7-9-12-18/h7-9,11-12,14-16H,3-6,10,13,17H2,1-2H3,(H,26,27). The van der Waals surface area contributed by atoms with E-state index in [9.17, 15) is 9.59 Å². The molecule has 5 heteroatoms. The number of benzene rings is 2. The van der Waals surface area contributed by atoms with Crippen LogP contribution < -0.4 is 10.2 Å². The predicted octanol–water partition coefficient (Wildman–Crippen LogP) is 5.41. The Morgan fingerprint density at radius 3 is 2.57 bits per heavy atom. The number of carbonyl (C=O) groups excluding carboxylic acids is 1. The molecule has 0 aliphatic carbocycles. The molecule has 0 saturated heterocycles. The second-order valence-corrected chi connectivity index (χ2v) is 7.34.